The van der Waals surface area contributed by atoms with E-state index < -0.39 is 12.2 Å². The van der Waals surface area contributed by atoms with Gasteiger partial charge < -0.3 is 19.9 Å². The van der Waals surface area contributed by atoms with Crippen molar-refractivity contribution in [1.29, 1.82) is 0 Å². The van der Waals surface area contributed by atoms with Crippen LogP contribution in [-0.4, -0.2) is 36.6 Å². The van der Waals surface area contributed by atoms with Crippen LogP contribution in [0.3, 0.4) is 0 Å². The van der Waals surface area contributed by atoms with Gasteiger partial charge in [0.15, 0.2) is 0 Å². The Labute approximate surface area is 151 Å². The van der Waals surface area contributed by atoms with Gasteiger partial charge in [0.1, 0.15) is 6.61 Å². The largest absolute Gasteiger partial charge is 0.445 e. The van der Waals surface area contributed by atoms with Crippen LogP contribution >= 0.6 is 0 Å². The minimum absolute atomic E-state index is 0.210. The number of rotatable bonds is 11. The number of aliphatic hydroxyl groups excluding tert-OH is 1. The van der Waals surface area contributed by atoms with E-state index in [1.165, 1.54) is 0 Å². The summed E-state index contributed by atoms with van der Waals surface area (Å²) in [6.45, 7) is 9.40. The van der Waals surface area contributed by atoms with Crippen LogP contribution in [0.4, 0.5) is 4.79 Å². The number of benzene rings is 1. The monoisotopic (exact) mass is 351 g/mol. The Morgan fingerprint density at radius 1 is 1.12 bits per heavy atom. The number of carbonyl (C=O) groups is 1. The van der Waals surface area contributed by atoms with Crippen molar-refractivity contribution in [3.8, 4) is 0 Å². The molecule has 0 aliphatic carbocycles. The van der Waals surface area contributed by atoms with Gasteiger partial charge in [0.25, 0.3) is 0 Å². The quantitative estimate of drug-likeness (QED) is 0.596. The molecule has 142 valence electrons. The molecule has 1 aromatic carbocycles. The lowest BCUT2D eigenvalue weighted by Gasteiger charge is -2.25. The van der Waals surface area contributed by atoms with Crippen LogP contribution < -0.4 is 5.32 Å². The van der Waals surface area contributed by atoms with Crippen molar-refractivity contribution in [2.45, 2.75) is 59.3 Å². The lowest BCUT2D eigenvalue weighted by Crippen LogP contribution is -2.46. The molecule has 0 aromatic heterocycles. The van der Waals surface area contributed by atoms with Crippen LogP contribution in [-0.2, 0) is 16.1 Å². The highest BCUT2D eigenvalue weighted by molar-refractivity contribution is 5.67. The first-order valence-corrected chi connectivity index (χ1v) is 9.11. The van der Waals surface area contributed by atoms with E-state index in [2.05, 4.69) is 33.0 Å². The lowest BCUT2D eigenvalue weighted by molar-refractivity contribution is 0.00834. The molecule has 1 unspecified atom stereocenters. The van der Waals surface area contributed by atoms with Crippen molar-refractivity contribution >= 4 is 6.09 Å². The summed E-state index contributed by atoms with van der Waals surface area (Å²) in [6, 6.07) is 9.12. The van der Waals surface area contributed by atoms with Crippen LogP contribution in [0.1, 0.15) is 46.1 Å². The number of alkyl carbamates (subject to hydrolysis) is 1. The molecule has 1 aromatic rings. The van der Waals surface area contributed by atoms with Gasteiger partial charge in [-0.05, 0) is 30.2 Å². The highest BCUT2D eigenvalue weighted by Gasteiger charge is 2.23. The lowest BCUT2D eigenvalue weighted by atomic mass is 9.99. The van der Waals surface area contributed by atoms with Gasteiger partial charge in [-0.25, -0.2) is 4.79 Å². The highest BCUT2D eigenvalue weighted by Crippen LogP contribution is 2.10. The smallest absolute Gasteiger partial charge is 0.407 e. The Balaban J connectivity index is 2.43. The number of carbonyl (C=O) groups excluding carboxylic acids is 1. The second-order valence-electron chi connectivity index (χ2n) is 7.27. The minimum atomic E-state index is -0.751. The molecule has 0 radical (unpaired) electrons. The van der Waals surface area contributed by atoms with Crippen LogP contribution in [0, 0.1) is 11.8 Å². The van der Waals surface area contributed by atoms with Crippen LogP contribution in [0.25, 0.3) is 0 Å². The van der Waals surface area contributed by atoms with E-state index in [0.717, 1.165) is 12.0 Å². The molecular weight excluding hydrogens is 318 g/mol. The molecule has 2 atom stereocenters. The van der Waals surface area contributed by atoms with Gasteiger partial charge in [-0.1, -0.05) is 58.0 Å². The van der Waals surface area contributed by atoms with Gasteiger partial charge in [0, 0.05) is 6.61 Å². The van der Waals surface area contributed by atoms with E-state index in [4.69, 9.17) is 9.47 Å². The molecule has 0 heterocycles. The van der Waals surface area contributed by atoms with E-state index in [-0.39, 0.29) is 19.3 Å². The molecule has 5 nitrogen and oxygen atoms in total. The van der Waals surface area contributed by atoms with Crippen LogP contribution in [0.5, 0.6) is 0 Å². The summed E-state index contributed by atoms with van der Waals surface area (Å²) in [5, 5.41) is 13.1. The average Bonchev–Trinajstić information content (AvgIpc) is 2.56. The van der Waals surface area contributed by atoms with Gasteiger partial charge in [-0.15, -0.1) is 0 Å². The molecule has 0 aliphatic rings. The zero-order valence-corrected chi connectivity index (χ0v) is 15.9. The third-order valence-electron chi connectivity index (χ3n) is 3.83. The fraction of sp³-hybridized carbons (Fsp3) is 0.650. The standard InChI is InChI=1S/C20H33NO4/c1-15(2)10-11-24-14-19(22)18(12-16(3)4)21-20(23)25-13-17-8-6-5-7-9-17/h5-9,15-16,18-19,22H,10-14H2,1-4H3,(H,21,23)/t18-,19?/m0/s1. The minimum Gasteiger partial charge on any atom is -0.445 e. The fourth-order valence-electron chi connectivity index (χ4n) is 2.38. The second kappa shape index (κ2) is 11.9. The zero-order chi connectivity index (χ0) is 18.7. The van der Waals surface area contributed by atoms with Gasteiger partial charge in [-0.3, -0.25) is 0 Å². The van der Waals surface area contributed by atoms with Crippen LogP contribution in [0.2, 0.25) is 0 Å². The molecule has 25 heavy (non-hydrogen) atoms. The van der Waals surface area contributed by atoms with Gasteiger partial charge in [0.05, 0.1) is 18.8 Å². The number of ether oxygens (including phenoxy) is 2. The summed E-state index contributed by atoms with van der Waals surface area (Å²) < 4.78 is 10.8. The summed E-state index contributed by atoms with van der Waals surface area (Å²) in [6.07, 6.45) is 0.345. The van der Waals surface area contributed by atoms with Gasteiger partial charge >= 0.3 is 6.09 Å². The van der Waals surface area contributed by atoms with Crippen molar-refractivity contribution in [3.63, 3.8) is 0 Å². The summed E-state index contributed by atoms with van der Waals surface area (Å²) in [5.41, 5.74) is 0.927. The summed E-state index contributed by atoms with van der Waals surface area (Å²) in [7, 11) is 0. The van der Waals surface area contributed by atoms with Gasteiger partial charge in [0.2, 0.25) is 0 Å². The first-order chi connectivity index (χ1) is 11.9. The zero-order valence-electron chi connectivity index (χ0n) is 15.9. The van der Waals surface area contributed by atoms with Gasteiger partial charge in [-0.2, -0.15) is 0 Å². The fourth-order valence-corrected chi connectivity index (χ4v) is 2.38. The molecule has 0 fully saturated rings. The van der Waals surface area contributed by atoms with Crippen molar-refractivity contribution in [3.05, 3.63) is 35.9 Å². The second-order valence-corrected chi connectivity index (χ2v) is 7.27. The third-order valence-corrected chi connectivity index (χ3v) is 3.83. The number of amides is 1. The maximum atomic E-state index is 12.0. The van der Waals surface area contributed by atoms with Crippen molar-refractivity contribution < 1.29 is 19.4 Å². The van der Waals surface area contributed by atoms with Crippen molar-refractivity contribution in [1.82, 2.24) is 5.32 Å². The summed E-state index contributed by atoms with van der Waals surface area (Å²) in [5.74, 6) is 0.902. The van der Waals surface area contributed by atoms with Crippen molar-refractivity contribution in [2.24, 2.45) is 11.8 Å². The molecule has 0 bridgehead atoms. The van der Waals surface area contributed by atoms with E-state index in [1.54, 1.807) is 0 Å². The maximum absolute atomic E-state index is 12.0. The van der Waals surface area contributed by atoms with E-state index in [0.29, 0.717) is 24.9 Å². The first-order valence-electron chi connectivity index (χ1n) is 9.11. The molecule has 0 saturated heterocycles. The molecule has 0 spiro atoms. The SMILES string of the molecule is CC(C)CCOCC(O)[C@H](CC(C)C)NC(=O)OCc1ccccc1. The van der Waals surface area contributed by atoms with E-state index in [9.17, 15) is 9.90 Å². The van der Waals surface area contributed by atoms with Crippen LogP contribution in [0.15, 0.2) is 30.3 Å². The Kier molecular flexibility index (Phi) is 10.2. The third kappa shape index (κ3) is 10.1. The summed E-state index contributed by atoms with van der Waals surface area (Å²) in [4.78, 5) is 12.0. The molecule has 0 aliphatic heterocycles. The molecule has 1 rings (SSSR count). The summed E-state index contributed by atoms with van der Waals surface area (Å²) >= 11 is 0. The molecule has 0 saturated carbocycles. The topological polar surface area (TPSA) is 67.8 Å². The number of hydrogen-bond donors (Lipinski definition) is 2. The molecule has 5 heteroatoms. The Hall–Kier alpha value is -1.59. The Morgan fingerprint density at radius 3 is 2.40 bits per heavy atom. The molecule has 1 amide bonds. The van der Waals surface area contributed by atoms with E-state index >= 15 is 0 Å². The predicted octanol–water partition coefficient (Wildman–Crippen LogP) is 3.75. The average molecular weight is 351 g/mol. The van der Waals surface area contributed by atoms with E-state index in [1.807, 2.05) is 30.3 Å². The Morgan fingerprint density at radius 2 is 1.80 bits per heavy atom. The maximum Gasteiger partial charge on any atom is 0.407 e. The normalized spacial score (nSPS) is 13.7. The highest BCUT2D eigenvalue weighted by atomic mass is 16.5. The predicted molar refractivity (Wildman–Crippen MR) is 99.3 cm³/mol. The first kappa shape index (κ1) is 21.5. The Bertz CT molecular complexity index is 476. The number of aliphatic hydroxyl groups is 1. The van der Waals surface area contributed by atoms with Crippen molar-refractivity contribution in [2.75, 3.05) is 13.2 Å². The molecule has 2 N–H and O–H groups in total. The number of hydrogen-bond acceptors (Lipinski definition) is 4. The molecular formula is C20H33NO4. The number of nitrogens with one attached hydrogen (secondary N) is 1.